The van der Waals surface area contributed by atoms with Gasteiger partial charge in [-0.3, -0.25) is 10.1 Å². The molecule has 0 radical (unpaired) electrons. The maximum absolute atomic E-state index is 11.8. The molecule has 0 saturated heterocycles. The average Bonchev–Trinajstić information content (AvgIpc) is 2.89. The lowest BCUT2D eigenvalue weighted by Gasteiger charge is -1.95. The van der Waals surface area contributed by atoms with E-state index in [-0.39, 0.29) is 10.8 Å². The highest BCUT2D eigenvalue weighted by atomic mass is 32.1. The van der Waals surface area contributed by atoms with Gasteiger partial charge in [-0.2, -0.15) is 0 Å². The second kappa shape index (κ2) is 6.81. The molecule has 5 nitrogen and oxygen atoms in total. The van der Waals surface area contributed by atoms with Gasteiger partial charge in [0.25, 0.3) is 0 Å². The minimum absolute atomic E-state index is 0.167. The summed E-state index contributed by atoms with van der Waals surface area (Å²) in [6, 6.07) is 9.42. The van der Waals surface area contributed by atoms with Crippen LogP contribution in [-0.2, 0) is 11.2 Å². The molecule has 0 saturated carbocycles. The van der Waals surface area contributed by atoms with Crippen LogP contribution >= 0.6 is 11.3 Å². The Balaban J connectivity index is 2.06. The van der Waals surface area contributed by atoms with Gasteiger partial charge in [-0.25, -0.2) is 9.78 Å². The fourth-order valence-electron chi connectivity index (χ4n) is 1.70. The third-order valence-electron chi connectivity index (χ3n) is 2.68. The lowest BCUT2D eigenvalue weighted by Crippen LogP contribution is -2.07. The van der Waals surface area contributed by atoms with Crippen LogP contribution in [0.15, 0.2) is 36.4 Å². The molecular formula is C15H14N2O3S. The molecule has 0 spiro atoms. The van der Waals surface area contributed by atoms with Crippen molar-refractivity contribution < 1.29 is 14.7 Å². The maximum Gasteiger partial charge on any atom is 0.347 e. The van der Waals surface area contributed by atoms with Crippen molar-refractivity contribution in [3.05, 3.63) is 52.5 Å². The molecular weight excluding hydrogens is 288 g/mol. The summed E-state index contributed by atoms with van der Waals surface area (Å²) in [6.07, 6.45) is 3.58. The monoisotopic (exact) mass is 302 g/mol. The van der Waals surface area contributed by atoms with Gasteiger partial charge in [0.2, 0.25) is 5.91 Å². The normalized spacial score (nSPS) is 10.7. The number of carboxylic acid groups (broad SMARTS) is 1. The molecule has 1 amide bonds. The SMILES string of the molecule is CCc1nc(NC(=O)/C=C/c2ccccc2)sc1C(=O)O. The molecule has 2 N–H and O–H groups in total. The van der Waals surface area contributed by atoms with Crippen LogP contribution in [0.5, 0.6) is 0 Å². The highest BCUT2D eigenvalue weighted by molar-refractivity contribution is 7.17. The van der Waals surface area contributed by atoms with Crippen molar-refractivity contribution in [1.29, 1.82) is 0 Å². The summed E-state index contributed by atoms with van der Waals surface area (Å²) in [6.45, 7) is 1.82. The summed E-state index contributed by atoms with van der Waals surface area (Å²) in [5.74, 6) is -1.36. The van der Waals surface area contributed by atoms with Crippen LogP contribution in [0, 0.1) is 0 Å². The Morgan fingerprint density at radius 2 is 2.05 bits per heavy atom. The number of nitrogens with one attached hydrogen (secondary N) is 1. The van der Waals surface area contributed by atoms with Crippen molar-refractivity contribution in [3.8, 4) is 0 Å². The maximum atomic E-state index is 11.8. The molecule has 1 aromatic carbocycles. The van der Waals surface area contributed by atoms with Gasteiger partial charge in [0.05, 0.1) is 5.69 Å². The first-order valence-electron chi connectivity index (χ1n) is 6.37. The fourth-order valence-corrected chi connectivity index (χ4v) is 2.59. The van der Waals surface area contributed by atoms with E-state index >= 15 is 0 Å². The first kappa shape index (κ1) is 14.9. The number of rotatable bonds is 5. The quantitative estimate of drug-likeness (QED) is 0.832. The van der Waals surface area contributed by atoms with Gasteiger partial charge in [-0.1, -0.05) is 48.6 Å². The van der Waals surface area contributed by atoms with E-state index in [1.54, 1.807) is 6.08 Å². The number of hydrogen-bond donors (Lipinski definition) is 2. The van der Waals surface area contributed by atoms with E-state index < -0.39 is 5.97 Å². The van der Waals surface area contributed by atoms with E-state index in [2.05, 4.69) is 10.3 Å². The zero-order chi connectivity index (χ0) is 15.2. The van der Waals surface area contributed by atoms with Crippen molar-refractivity contribution in [1.82, 2.24) is 4.98 Å². The van der Waals surface area contributed by atoms with Crippen LogP contribution < -0.4 is 5.32 Å². The molecule has 1 heterocycles. The molecule has 0 aliphatic carbocycles. The second-order valence-corrected chi connectivity index (χ2v) is 5.19. The number of carbonyl (C=O) groups excluding carboxylic acids is 1. The van der Waals surface area contributed by atoms with E-state index in [1.165, 1.54) is 6.08 Å². The topological polar surface area (TPSA) is 79.3 Å². The Kier molecular flexibility index (Phi) is 4.84. The smallest absolute Gasteiger partial charge is 0.347 e. The first-order chi connectivity index (χ1) is 10.1. The molecule has 0 aliphatic rings. The molecule has 0 atom stereocenters. The molecule has 0 fully saturated rings. The Labute approximate surface area is 126 Å². The van der Waals surface area contributed by atoms with Gasteiger partial charge in [0.1, 0.15) is 4.88 Å². The van der Waals surface area contributed by atoms with Crippen molar-refractivity contribution in [2.75, 3.05) is 5.32 Å². The Bertz CT molecular complexity index is 677. The number of carboxylic acids is 1. The van der Waals surface area contributed by atoms with Gasteiger partial charge in [-0.05, 0) is 18.1 Å². The average molecular weight is 302 g/mol. The standard InChI is InChI=1S/C15H14N2O3S/c1-2-11-13(14(19)20)21-15(16-11)17-12(18)9-8-10-6-4-3-5-7-10/h3-9H,2H2,1H3,(H,19,20)(H,16,17,18)/b9-8+. The summed E-state index contributed by atoms with van der Waals surface area (Å²) in [7, 11) is 0. The summed E-state index contributed by atoms with van der Waals surface area (Å²) in [5.41, 5.74) is 1.39. The lowest BCUT2D eigenvalue weighted by molar-refractivity contribution is -0.111. The number of thiazole rings is 1. The number of benzene rings is 1. The molecule has 0 aliphatic heterocycles. The van der Waals surface area contributed by atoms with E-state index in [9.17, 15) is 9.59 Å². The van der Waals surface area contributed by atoms with Crippen LogP contribution in [0.4, 0.5) is 5.13 Å². The van der Waals surface area contributed by atoms with Crippen LogP contribution in [-0.4, -0.2) is 22.0 Å². The van der Waals surface area contributed by atoms with E-state index in [0.29, 0.717) is 17.2 Å². The minimum atomic E-state index is -1.02. The molecule has 2 aromatic rings. The van der Waals surface area contributed by atoms with Crippen LogP contribution in [0.2, 0.25) is 0 Å². The highest BCUT2D eigenvalue weighted by Gasteiger charge is 2.16. The number of aromatic carboxylic acids is 1. The lowest BCUT2D eigenvalue weighted by atomic mass is 10.2. The number of amides is 1. The van der Waals surface area contributed by atoms with Crippen molar-refractivity contribution in [3.63, 3.8) is 0 Å². The molecule has 21 heavy (non-hydrogen) atoms. The molecule has 0 bridgehead atoms. The minimum Gasteiger partial charge on any atom is -0.477 e. The number of nitrogens with zero attached hydrogens (tertiary/aromatic N) is 1. The van der Waals surface area contributed by atoms with Crippen molar-refractivity contribution >= 4 is 34.4 Å². The number of carbonyl (C=O) groups is 2. The van der Waals surface area contributed by atoms with Gasteiger partial charge in [0, 0.05) is 6.08 Å². The third-order valence-corrected chi connectivity index (χ3v) is 3.68. The highest BCUT2D eigenvalue weighted by Crippen LogP contribution is 2.23. The first-order valence-corrected chi connectivity index (χ1v) is 7.19. The predicted molar refractivity (Wildman–Crippen MR) is 82.6 cm³/mol. The second-order valence-electron chi connectivity index (χ2n) is 4.19. The van der Waals surface area contributed by atoms with E-state index in [4.69, 9.17) is 5.11 Å². The zero-order valence-corrected chi connectivity index (χ0v) is 12.2. The number of hydrogen-bond acceptors (Lipinski definition) is 4. The zero-order valence-electron chi connectivity index (χ0n) is 11.4. The van der Waals surface area contributed by atoms with Crippen molar-refractivity contribution in [2.45, 2.75) is 13.3 Å². The number of aromatic nitrogens is 1. The van der Waals surface area contributed by atoms with Crippen LogP contribution in [0.3, 0.4) is 0 Å². The summed E-state index contributed by atoms with van der Waals surface area (Å²) < 4.78 is 0. The molecule has 0 unspecified atom stereocenters. The Morgan fingerprint density at radius 1 is 1.33 bits per heavy atom. The summed E-state index contributed by atoms with van der Waals surface area (Å²) in [4.78, 5) is 27.1. The van der Waals surface area contributed by atoms with Crippen LogP contribution in [0.1, 0.15) is 27.9 Å². The summed E-state index contributed by atoms with van der Waals surface area (Å²) >= 11 is 0.966. The third kappa shape index (κ3) is 4.00. The number of anilines is 1. The molecule has 1 aromatic heterocycles. The largest absolute Gasteiger partial charge is 0.477 e. The predicted octanol–water partition coefficient (Wildman–Crippen LogP) is 3.06. The van der Waals surface area contributed by atoms with Gasteiger partial charge >= 0.3 is 5.97 Å². The molecule has 6 heteroatoms. The number of aryl methyl sites for hydroxylation is 1. The molecule has 2 rings (SSSR count). The van der Waals surface area contributed by atoms with Gasteiger partial charge < -0.3 is 5.11 Å². The van der Waals surface area contributed by atoms with E-state index in [0.717, 1.165) is 16.9 Å². The van der Waals surface area contributed by atoms with Crippen LogP contribution in [0.25, 0.3) is 6.08 Å². The Morgan fingerprint density at radius 3 is 2.62 bits per heavy atom. The van der Waals surface area contributed by atoms with Crippen molar-refractivity contribution in [2.24, 2.45) is 0 Å². The fraction of sp³-hybridized carbons (Fsp3) is 0.133. The molecule has 108 valence electrons. The van der Waals surface area contributed by atoms with Gasteiger partial charge in [-0.15, -0.1) is 0 Å². The Hall–Kier alpha value is -2.47. The van der Waals surface area contributed by atoms with E-state index in [1.807, 2.05) is 37.3 Å². The van der Waals surface area contributed by atoms with Gasteiger partial charge in [0.15, 0.2) is 5.13 Å². The summed E-state index contributed by atoms with van der Waals surface area (Å²) in [5, 5.41) is 11.9.